The van der Waals surface area contributed by atoms with Crippen molar-refractivity contribution in [1.29, 1.82) is 0 Å². The van der Waals surface area contributed by atoms with Crippen LogP contribution in [0.3, 0.4) is 0 Å². The Morgan fingerprint density at radius 3 is 2.53 bits per heavy atom. The van der Waals surface area contributed by atoms with E-state index in [2.05, 4.69) is 10.3 Å². The number of nitrogens with zero attached hydrogens (tertiary/aromatic N) is 1. The maximum atomic E-state index is 12.7. The van der Waals surface area contributed by atoms with Crippen LogP contribution in [0.2, 0.25) is 5.15 Å². The molecule has 0 aliphatic carbocycles. The summed E-state index contributed by atoms with van der Waals surface area (Å²) in [5, 5.41) is 11.5. The molecular formula is C11H6ClFN2O3S. The van der Waals surface area contributed by atoms with E-state index in [1.165, 1.54) is 24.3 Å². The zero-order valence-electron chi connectivity index (χ0n) is 9.18. The first-order valence-electron chi connectivity index (χ1n) is 4.94. The fraction of sp³-hybridized carbons (Fsp3) is 0. The van der Waals surface area contributed by atoms with E-state index in [4.69, 9.17) is 16.7 Å². The summed E-state index contributed by atoms with van der Waals surface area (Å²) in [6.07, 6.45) is 0. The van der Waals surface area contributed by atoms with Crippen LogP contribution in [-0.2, 0) is 4.79 Å². The number of carbonyl (C=O) groups is 2. The van der Waals surface area contributed by atoms with Gasteiger partial charge in [-0.25, -0.2) is 14.2 Å². The lowest BCUT2D eigenvalue weighted by Gasteiger charge is -2.00. The van der Waals surface area contributed by atoms with E-state index in [0.29, 0.717) is 5.69 Å². The second-order valence-corrected chi connectivity index (χ2v) is 4.76. The van der Waals surface area contributed by atoms with E-state index < -0.39 is 11.8 Å². The van der Waals surface area contributed by atoms with Crippen molar-refractivity contribution in [3.05, 3.63) is 40.1 Å². The number of carboxylic acids is 1. The van der Waals surface area contributed by atoms with Gasteiger partial charge in [-0.05, 0) is 24.3 Å². The van der Waals surface area contributed by atoms with Crippen LogP contribution in [0.15, 0.2) is 24.3 Å². The van der Waals surface area contributed by atoms with Gasteiger partial charge in [-0.1, -0.05) is 22.9 Å². The number of carboxylic acid groups (broad SMARTS) is 1. The van der Waals surface area contributed by atoms with Crippen LogP contribution >= 0.6 is 22.9 Å². The molecule has 0 aliphatic rings. The molecule has 0 aliphatic heterocycles. The number of aliphatic carboxylic acids is 1. The highest BCUT2D eigenvalue weighted by Crippen LogP contribution is 2.29. The molecule has 5 nitrogen and oxygen atoms in total. The molecular weight excluding hydrogens is 295 g/mol. The monoisotopic (exact) mass is 300 g/mol. The minimum Gasteiger partial charge on any atom is -0.475 e. The van der Waals surface area contributed by atoms with Crippen LogP contribution in [0, 0.1) is 5.82 Å². The van der Waals surface area contributed by atoms with Crippen LogP contribution < -0.4 is 5.32 Å². The minimum atomic E-state index is -1.60. The van der Waals surface area contributed by atoms with Crippen molar-refractivity contribution >= 4 is 45.5 Å². The van der Waals surface area contributed by atoms with Gasteiger partial charge < -0.3 is 10.4 Å². The van der Waals surface area contributed by atoms with E-state index in [9.17, 15) is 14.0 Å². The Hall–Kier alpha value is -1.99. The highest BCUT2D eigenvalue weighted by Gasteiger charge is 2.22. The van der Waals surface area contributed by atoms with Crippen molar-refractivity contribution in [2.24, 2.45) is 0 Å². The molecule has 0 fully saturated rings. The number of anilines is 2. The second kappa shape index (κ2) is 5.33. The molecule has 0 saturated carbocycles. The number of Topliss-reactive ketones (excluding diaryl/α,β-unsaturated/α-hetero) is 1. The standard InChI is InChI=1S/C11H6ClFN2O3S/c12-9-8(7(16)10(17)18)19-11(15-9)14-6-3-1-5(13)2-4-6/h1-4H,(H,14,15)(H,17,18). The van der Waals surface area contributed by atoms with Crippen LogP contribution in [0.5, 0.6) is 0 Å². The SMILES string of the molecule is O=C(O)C(=O)c1sc(Nc2ccc(F)cc2)nc1Cl. The van der Waals surface area contributed by atoms with E-state index >= 15 is 0 Å². The molecule has 2 rings (SSSR count). The lowest BCUT2D eigenvalue weighted by Crippen LogP contribution is -2.11. The quantitative estimate of drug-likeness (QED) is 0.670. The van der Waals surface area contributed by atoms with Gasteiger partial charge >= 0.3 is 5.97 Å². The Bertz CT molecular complexity index is 642. The number of thiazole rings is 1. The fourth-order valence-electron chi connectivity index (χ4n) is 1.25. The largest absolute Gasteiger partial charge is 0.475 e. The van der Waals surface area contributed by atoms with Gasteiger partial charge in [0.05, 0.1) is 0 Å². The molecule has 0 atom stereocenters. The van der Waals surface area contributed by atoms with Crippen molar-refractivity contribution in [2.45, 2.75) is 0 Å². The van der Waals surface area contributed by atoms with Crippen LogP contribution in [0.4, 0.5) is 15.2 Å². The third-order valence-corrected chi connectivity index (χ3v) is 3.44. The molecule has 98 valence electrons. The average Bonchev–Trinajstić information content (AvgIpc) is 2.72. The number of ketones is 1. The van der Waals surface area contributed by atoms with Crippen LogP contribution in [0.25, 0.3) is 0 Å². The van der Waals surface area contributed by atoms with Crippen LogP contribution in [-0.4, -0.2) is 21.8 Å². The molecule has 0 bridgehead atoms. The summed E-state index contributed by atoms with van der Waals surface area (Å²) in [4.78, 5) is 25.5. The van der Waals surface area contributed by atoms with Gasteiger partial charge in [0, 0.05) is 5.69 Å². The average molecular weight is 301 g/mol. The number of aromatic nitrogens is 1. The molecule has 0 radical (unpaired) electrons. The number of nitrogens with one attached hydrogen (secondary N) is 1. The summed E-state index contributed by atoms with van der Waals surface area (Å²) in [7, 11) is 0. The number of hydrogen-bond acceptors (Lipinski definition) is 5. The fourth-order valence-corrected chi connectivity index (χ4v) is 2.39. The van der Waals surface area contributed by atoms with Gasteiger partial charge in [0.1, 0.15) is 10.7 Å². The lowest BCUT2D eigenvalue weighted by molar-refractivity contribution is -0.131. The molecule has 0 saturated heterocycles. The molecule has 2 N–H and O–H groups in total. The zero-order chi connectivity index (χ0) is 14.0. The Labute approximate surface area is 115 Å². The first-order valence-corrected chi connectivity index (χ1v) is 6.13. The summed E-state index contributed by atoms with van der Waals surface area (Å²) in [6, 6.07) is 5.45. The third-order valence-electron chi connectivity index (χ3n) is 2.08. The maximum absolute atomic E-state index is 12.7. The molecule has 2 aromatic rings. The molecule has 0 amide bonds. The summed E-state index contributed by atoms with van der Waals surface area (Å²) in [5.74, 6) is -3.10. The van der Waals surface area contributed by atoms with E-state index in [1.807, 2.05) is 0 Å². The first-order chi connectivity index (χ1) is 8.97. The summed E-state index contributed by atoms with van der Waals surface area (Å²) >= 11 is 6.51. The Morgan fingerprint density at radius 1 is 1.32 bits per heavy atom. The van der Waals surface area contributed by atoms with Gasteiger partial charge in [-0.15, -0.1) is 0 Å². The summed E-state index contributed by atoms with van der Waals surface area (Å²) in [6.45, 7) is 0. The molecule has 0 unspecified atom stereocenters. The first kappa shape index (κ1) is 13.4. The highest BCUT2D eigenvalue weighted by atomic mass is 35.5. The molecule has 1 aromatic carbocycles. The maximum Gasteiger partial charge on any atom is 0.378 e. The van der Waals surface area contributed by atoms with Crippen LogP contribution in [0.1, 0.15) is 9.67 Å². The summed E-state index contributed by atoms with van der Waals surface area (Å²) < 4.78 is 12.7. The topological polar surface area (TPSA) is 79.3 Å². The lowest BCUT2D eigenvalue weighted by atomic mass is 10.3. The predicted molar refractivity (Wildman–Crippen MR) is 68.8 cm³/mol. The molecule has 0 spiro atoms. The van der Waals surface area contributed by atoms with Crippen molar-refractivity contribution < 1.29 is 19.1 Å². The predicted octanol–water partition coefficient (Wildman–Crippen LogP) is 2.95. The van der Waals surface area contributed by atoms with Gasteiger partial charge in [-0.2, -0.15) is 0 Å². The number of rotatable bonds is 4. The number of halogens is 2. The Balaban J connectivity index is 2.23. The normalized spacial score (nSPS) is 10.2. The van der Waals surface area contributed by atoms with Gasteiger partial charge in [0.2, 0.25) is 0 Å². The zero-order valence-corrected chi connectivity index (χ0v) is 10.8. The van der Waals surface area contributed by atoms with Crippen molar-refractivity contribution in [1.82, 2.24) is 4.98 Å². The minimum absolute atomic E-state index is 0.154. The smallest absolute Gasteiger partial charge is 0.378 e. The second-order valence-electron chi connectivity index (χ2n) is 3.41. The van der Waals surface area contributed by atoms with Crippen molar-refractivity contribution in [3.63, 3.8) is 0 Å². The van der Waals surface area contributed by atoms with Crippen molar-refractivity contribution in [3.8, 4) is 0 Å². The van der Waals surface area contributed by atoms with Gasteiger partial charge in [0.25, 0.3) is 5.78 Å². The van der Waals surface area contributed by atoms with Crippen molar-refractivity contribution in [2.75, 3.05) is 5.32 Å². The summed E-state index contributed by atoms with van der Waals surface area (Å²) in [5.41, 5.74) is 0.543. The van der Waals surface area contributed by atoms with Gasteiger partial charge in [0.15, 0.2) is 10.3 Å². The molecule has 8 heteroatoms. The highest BCUT2D eigenvalue weighted by molar-refractivity contribution is 7.18. The number of carbonyl (C=O) groups excluding carboxylic acids is 1. The third kappa shape index (κ3) is 3.07. The molecule has 19 heavy (non-hydrogen) atoms. The molecule has 1 heterocycles. The van der Waals surface area contributed by atoms with E-state index in [1.54, 1.807) is 0 Å². The van der Waals surface area contributed by atoms with Gasteiger partial charge in [-0.3, -0.25) is 4.79 Å². The Kier molecular flexibility index (Phi) is 3.77. The molecule has 1 aromatic heterocycles. The number of benzene rings is 1. The number of hydrogen-bond donors (Lipinski definition) is 2. The Morgan fingerprint density at radius 2 is 1.95 bits per heavy atom. The van der Waals surface area contributed by atoms with E-state index in [-0.39, 0.29) is 21.0 Å². The van der Waals surface area contributed by atoms with E-state index in [0.717, 1.165) is 11.3 Å².